The third-order valence-corrected chi connectivity index (χ3v) is 5.26. The number of nitrogens with one attached hydrogen (secondary N) is 1. The molecule has 10 heteroatoms. The van der Waals surface area contributed by atoms with Gasteiger partial charge in [0.15, 0.2) is 0 Å². The number of phenols is 1. The van der Waals surface area contributed by atoms with Crippen LogP contribution >= 0.6 is 23.5 Å². The van der Waals surface area contributed by atoms with Crippen molar-refractivity contribution < 1.29 is 27.8 Å². The molecule has 0 aliphatic carbocycles. The number of nitrogens with two attached hydrogens (primary N) is 1. The summed E-state index contributed by atoms with van der Waals surface area (Å²) in [4.78, 5) is 11.2. The number of halogens is 4. The molecule has 0 bridgehead atoms. The maximum Gasteiger partial charge on any atom is 0.150 e. The number of aromatic hydroxyl groups is 1. The molecule has 0 aliphatic heterocycles. The lowest BCUT2D eigenvalue weighted by Gasteiger charge is -2.15. The van der Waals surface area contributed by atoms with Gasteiger partial charge in [0.2, 0.25) is 0 Å². The van der Waals surface area contributed by atoms with Gasteiger partial charge in [-0.2, -0.15) is 0 Å². The van der Waals surface area contributed by atoms with Gasteiger partial charge in [-0.3, -0.25) is 4.79 Å². The zero-order valence-corrected chi connectivity index (χ0v) is 17.4. The van der Waals surface area contributed by atoms with Gasteiger partial charge in [-0.15, -0.1) is 0 Å². The summed E-state index contributed by atoms with van der Waals surface area (Å²) in [5, 5.41) is 10.0. The minimum Gasteiger partial charge on any atom is -0.505 e. The Morgan fingerprint density at radius 3 is 2.58 bits per heavy atom. The minimum absolute atomic E-state index is 0.0596. The zero-order chi connectivity index (χ0) is 22.5. The van der Waals surface area contributed by atoms with Gasteiger partial charge >= 0.3 is 0 Å². The number of ether oxygens (including phenoxy) is 1. The Labute approximate surface area is 185 Å². The zero-order valence-electron chi connectivity index (χ0n) is 15.8. The standard InChI is InChI=1S/C21H16ClF3N2O3S/c22-15-5-11(10-28)6-20(21(15)29)31-27-18-8-13(16(24)9-17(18)25)14-7-12(23)1-2-19(14)30-4-3-26/h1-2,5-10,27,29H,3-4,26H2. The van der Waals surface area contributed by atoms with E-state index in [1.54, 1.807) is 0 Å². The molecule has 4 N–H and O–H groups in total. The van der Waals surface area contributed by atoms with Gasteiger partial charge in [0.05, 0.1) is 15.6 Å². The lowest BCUT2D eigenvalue weighted by molar-refractivity contribution is 0.112. The largest absolute Gasteiger partial charge is 0.505 e. The first-order chi connectivity index (χ1) is 14.8. The second-order valence-electron chi connectivity index (χ2n) is 6.26. The first kappa shape index (κ1) is 22.8. The first-order valence-electron chi connectivity index (χ1n) is 8.86. The maximum atomic E-state index is 14.6. The molecule has 3 aromatic rings. The van der Waals surface area contributed by atoms with Crippen LogP contribution in [0.4, 0.5) is 18.9 Å². The molecule has 3 aromatic carbocycles. The molecule has 0 atom stereocenters. The quantitative estimate of drug-likeness (QED) is 0.303. The number of anilines is 1. The Bertz CT molecular complexity index is 1130. The van der Waals surface area contributed by atoms with E-state index in [1.165, 1.54) is 18.2 Å². The average Bonchev–Trinajstić information content (AvgIpc) is 2.74. The summed E-state index contributed by atoms with van der Waals surface area (Å²) in [5.74, 6) is -2.61. The molecule has 3 rings (SSSR count). The van der Waals surface area contributed by atoms with Crippen LogP contribution in [0.15, 0.2) is 47.4 Å². The topological polar surface area (TPSA) is 84.6 Å². The minimum atomic E-state index is -0.926. The number of carbonyl (C=O) groups excluding carboxylic acids is 1. The fourth-order valence-corrected chi connectivity index (χ4v) is 3.75. The van der Waals surface area contributed by atoms with Gasteiger partial charge in [-0.05, 0) is 48.3 Å². The third kappa shape index (κ3) is 5.25. The Kier molecular flexibility index (Phi) is 7.32. The molecule has 0 saturated heterocycles. The molecule has 0 aliphatic rings. The van der Waals surface area contributed by atoms with Gasteiger partial charge in [0, 0.05) is 29.3 Å². The number of phenolic OH excluding ortho intramolecular Hbond substituents is 1. The van der Waals surface area contributed by atoms with Crippen molar-refractivity contribution in [2.45, 2.75) is 4.90 Å². The van der Waals surface area contributed by atoms with Crippen LogP contribution in [-0.4, -0.2) is 24.5 Å². The average molecular weight is 469 g/mol. The van der Waals surface area contributed by atoms with Crippen molar-refractivity contribution in [3.63, 3.8) is 0 Å². The Hall–Kier alpha value is -2.88. The molecule has 162 valence electrons. The molecular weight excluding hydrogens is 453 g/mol. The highest BCUT2D eigenvalue weighted by molar-refractivity contribution is 8.00. The monoisotopic (exact) mass is 468 g/mol. The molecule has 0 heterocycles. The highest BCUT2D eigenvalue weighted by Gasteiger charge is 2.17. The van der Waals surface area contributed by atoms with Crippen LogP contribution in [0.5, 0.6) is 11.5 Å². The van der Waals surface area contributed by atoms with Gasteiger partial charge in [-0.1, -0.05) is 11.6 Å². The summed E-state index contributed by atoms with van der Waals surface area (Å²) < 4.78 is 50.8. The highest BCUT2D eigenvalue weighted by atomic mass is 35.5. The van der Waals surface area contributed by atoms with E-state index in [4.69, 9.17) is 22.1 Å². The van der Waals surface area contributed by atoms with E-state index < -0.39 is 17.5 Å². The number of hydrogen-bond donors (Lipinski definition) is 3. The van der Waals surface area contributed by atoms with Crippen molar-refractivity contribution in [3.8, 4) is 22.6 Å². The van der Waals surface area contributed by atoms with E-state index in [1.807, 2.05) is 0 Å². The highest BCUT2D eigenvalue weighted by Crippen LogP contribution is 2.39. The van der Waals surface area contributed by atoms with Crippen LogP contribution in [0.3, 0.4) is 0 Å². The summed E-state index contributed by atoms with van der Waals surface area (Å²) in [5.41, 5.74) is 5.44. The van der Waals surface area contributed by atoms with Crippen LogP contribution in [0.25, 0.3) is 11.1 Å². The smallest absolute Gasteiger partial charge is 0.150 e. The third-order valence-electron chi connectivity index (χ3n) is 4.12. The first-order valence-corrected chi connectivity index (χ1v) is 10.1. The molecule has 0 radical (unpaired) electrons. The number of carbonyl (C=O) groups is 1. The fourth-order valence-electron chi connectivity index (χ4n) is 2.69. The molecule has 0 saturated carbocycles. The molecule has 0 unspecified atom stereocenters. The molecular formula is C21H16ClF3N2O3S. The number of hydrogen-bond acceptors (Lipinski definition) is 6. The Morgan fingerprint density at radius 2 is 1.87 bits per heavy atom. The van der Waals surface area contributed by atoms with E-state index >= 15 is 0 Å². The van der Waals surface area contributed by atoms with Crippen LogP contribution in [0.1, 0.15) is 10.4 Å². The van der Waals surface area contributed by atoms with Crippen LogP contribution in [-0.2, 0) is 0 Å². The summed E-state index contributed by atoms with van der Waals surface area (Å²) in [6, 6.07) is 7.96. The molecule has 31 heavy (non-hydrogen) atoms. The number of rotatable bonds is 8. The fraction of sp³-hybridized carbons (Fsp3) is 0.0952. The van der Waals surface area contributed by atoms with Crippen molar-refractivity contribution in [1.82, 2.24) is 0 Å². The van der Waals surface area contributed by atoms with E-state index in [9.17, 15) is 23.1 Å². The van der Waals surface area contributed by atoms with Crippen molar-refractivity contribution >= 4 is 35.5 Å². The van der Waals surface area contributed by atoms with Crippen LogP contribution in [0.2, 0.25) is 5.02 Å². The van der Waals surface area contributed by atoms with Crippen molar-refractivity contribution in [2.75, 3.05) is 17.9 Å². The lowest BCUT2D eigenvalue weighted by atomic mass is 10.0. The number of benzene rings is 3. The van der Waals surface area contributed by atoms with E-state index in [2.05, 4.69) is 4.72 Å². The number of aldehydes is 1. The normalized spacial score (nSPS) is 10.7. The van der Waals surface area contributed by atoms with Gasteiger partial charge in [-0.25, -0.2) is 13.2 Å². The SMILES string of the molecule is NCCOc1ccc(F)cc1-c1cc(NSc2cc(C=O)cc(Cl)c2O)c(F)cc1F. The van der Waals surface area contributed by atoms with Crippen LogP contribution < -0.4 is 15.2 Å². The van der Waals surface area contributed by atoms with Gasteiger partial charge in [0.25, 0.3) is 0 Å². The predicted molar refractivity (Wildman–Crippen MR) is 114 cm³/mol. The summed E-state index contributed by atoms with van der Waals surface area (Å²) in [6.45, 7) is 0.313. The molecule has 0 fully saturated rings. The maximum absolute atomic E-state index is 14.6. The van der Waals surface area contributed by atoms with Crippen LogP contribution in [0, 0.1) is 17.5 Å². The van der Waals surface area contributed by atoms with E-state index in [0.29, 0.717) is 12.4 Å². The summed E-state index contributed by atoms with van der Waals surface area (Å²) in [7, 11) is 0. The molecule has 0 amide bonds. The summed E-state index contributed by atoms with van der Waals surface area (Å²) in [6.07, 6.45) is 0.540. The Balaban J connectivity index is 1.97. The molecule has 0 aromatic heterocycles. The van der Waals surface area contributed by atoms with Gasteiger partial charge in [0.1, 0.15) is 41.8 Å². The lowest BCUT2D eigenvalue weighted by Crippen LogP contribution is -2.11. The van der Waals surface area contributed by atoms with Crippen molar-refractivity contribution in [3.05, 3.63) is 70.5 Å². The summed E-state index contributed by atoms with van der Waals surface area (Å²) >= 11 is 6.64. The predicted octanol–water partition coefficient (Wildman–Crippen LogP) is 5.40. The van der Waals surface area contributed by atoms with Crippen molar-refractivity contribution in [2.24, 2.45) is 5.73 Å². The second-order valence-corrected chi connectivity index (χ2v) is 7.52. The molecule has 5 nitrogen and oxygen atoms in total. The van der Waals surface area contributed by atoms with E-state index in [-0.39, 0.29) is 56.9 Å². The molecule has 0 spiro atoms. The Morgan fingerprint density at radius 1 is 1.10 bits per heavy atom. The van der Waals surface area contributed by atoms with E-state index in [0.717, 1.165) is 30.1 Å². The van der Waals surface area contributed by atoms with Gasteiger partial charge < -0.3 is 20.3 Å². The van der Waals surface area contributed by atoms with Crippen molar-refractivity contribution in [1.29, 1.82) is 0 Å². The second kappa shape index (κ2) is 9.95.